The number of aromatic amines is 1. The van der Waals surface area contributed by atoms with Crippen molar-refractivity contribution < 1.29 is 4.74 Å². The molecule has 3 atom stereocenters. The largest absolute Gasteiger partial charge is 0.497 e. The molecule has 0 radical (unpaired) electrons. The normalized spacial score (nSPS) is 25.9. The third kappa shape index (κ3) is 3.61. The molecule has 3 heteroatoms. The number of fused-ring (bicyclic) bond motifs is 3. The second-order valence-corrected chi connectivity index (χ2v) is 7.63. The number of nitrogens with one attached hydrogen (secondary N) is 2. The molecule has 1 aromatic carbocycles. The van der Waals surface area contributed by atoms with Crippen molar-refractivity contribution in [2.24, 2.45) is 11.8 Å². The highest BCUT2D eigenvalue weighted by atomic mass is 16.5. The quantitative estimate of drug-likeness (QED) is 0.825. The fourth-order valence-electron chi connectivity index (χ4n) is 4.37. The summed E-state index contributed by atoms with van der Waals surface area (Å²) in [6.45, 7) is 9.33. The van der Waals surface area contributed by atoms with Crippen LogP contribution in [0.2, 0.25) is 0 Å². The van der Waals surface area contributed by atoms with E-state index in [1.165, 1.54) is 41.4 Å². The van der Waals surface area contributed by atoms with Gasteiger partial charge in [-0.3, -0.25) is 0 Å². The summed E-state index contributed by atoms with van der Waals surface area (Å²) >= 11 is 0. The minimum absolute atomic E-state index is 0.573. The molecule has 132 valence electrons. The molecule has 3 rings (SSSR count). The highest BCUT2D eigenvalue weighted by molar-refractivity contribution is 5.86. The molecule has 0 saturated carbocycles. The zero-order valence-electron chi connectivity index (χ0n) is 15.6. The van der Waals surface area contributed by atoms with Crippen LogP contribution < -0.4 is 10.1 Å². The van der Waals surface area contributed by atoms with Crippen molar-refractivity contribution in [2.45, 2.75) is 52.4 Å². The molecular formula is C21H32N2O. The molecule has 3 nitrogen and oxygen atoms in total. The van der Waals surface area contributed by atoms with Crippen LogP contribution in [0.25, 0.3) is 10.9 Å². The van der Waals surface area contributed by atoms with E-state index in [9.17, 15) is 0 Å². The van der Waals surface area contributed by atoms with Gasteiger partial charge in [0.15, 0.2) is 0 Å². The summed E-state index contributed by atoms with van der Waals surface area (Å²) in [7, 11) is 1.74. The summed E-state index contributed by atoms with van der Waals surface area (Å²) in [6.07, 6.45) is 4.94. The van der Waals surface area contributed by atoms with E-state index in [1.807, 2.05) is 6.07 Å². The molecular weight excluding hydrogens is 296 g/mol. The summed E-state index contributed by atoms with van der Waals surface area (Å²) in [6, 6.07) is 6.39. The number of methoxy groups -OCH3 is 1. The Balaban J connectivity index is 1.97. The maximum absolute atomic E-state index is 5.45. The molecule has 1 aromatic heterocycles. The molecule has 1 aliphatic rings. The summed E-state index contributed by atoms with van der Waals surface area (Å²) in [5.74, 6) is 3.08. The topological polar surface area (TPSA) is 37.0 Å². The zero-order chi connectivity index (χ0) is 17.1. The fraction of sp³-hybridized carbons (Fsp3) is 0.619. The zero-order valence-corrected chi connectivity index (χ0v) is 15.6. The molecule has 0 spiro atoms. The first-order chi connectivity index (χ1) is 11.6. The second-order valence-electron chi connectivity index (χ2n) is 7.63. The summed E-state index contributed by atoms with van der Waals surface area (Å²) in [5, 5.41) is 5.03. The molecule has 2 N–H and O–H groups in total. The lowest BCUT2D eigenvalue weighted by atomic mass is 9.86. The van der Waals surface area contributed by atoms with E-state index in [4.69, 9.17) is 4.74 Å². The van der Waals surface area contributed by atoms with Gasteiger partial charge in [0.2, 0.25) is 0 Å². The third-order valence-corrected chi connectivity index (χ3v) is 5.69. The maximum atomic E-state index is 5.45. The van der Waals surface area contributed by atoms with Crippen LogP contribution in [0.1, 0.15) is 57.2 Å². The minimum Gasteiger partial charge on any atom is -0.497 e. The summed E-state index contributed by atoms with van der Waals surface area (Å²) in [5.41, 5.74) is 4.15. The van der Waals surface area contributed by atoms with Gasteiger partial charge in [0.1, 0.15) is 5.75 Å². The SMILES string of the molecule is CCC1CNCCc2c([nH]c3ccc(OC)cc23)C(C)CC(C)C1. The Kier molecular flexibility index (Phi) is 5.50. The fourth-order valence-corrected chi connectivity index (χ4v) is 4.37. The van der Waals surface area contributed by atoms with E-state index >= 15 is 0 Å². The first-order valence-corrected chi connectivity index (χ1v) is 9.51. The van der Waals surface area contributed by atoms with Crippen molar-refractivity contribution in [1.29, 1.82) is 0 Å². The van der Waals surface area contributed by atoms with Gasteiger partial charge >= 0.3 is 0 Å². The standard InChI is InChI=1S/C21H32N2O/c1-5-16-11-14(2)10-15(3)21-18(8-9-22-13-16)19-12-17(24-4)6-7-20(19)23-21/h6-7,12,14-16,22-23H,5,8-11,13H2,1-4H3. The van der Waals surface area contributed by atoms with Crippen molar-refractivity contribution in [3.05, 3.63) is 29.5 Å². The number of H-pyrrole nitrogens is 1. The Bertz CT molecular complexity index is 676. The van der Waals surface area contributed by atoms with Crippen LogP contribution in [0.3, 0.4) is 0 Å². The molecule has 24 heavy (non-hydrogen) atoms. The smallest absolute Gasteiger partial charge is 0.119 e. The van der Waals surface area contributed by atoms with Crippen LogP contribution in [0.5, 0.6) is 5.75 Å². The number of hydrogen-bond acceptors (Lipinski definition) is 2. The van der Waals surface area contributed by atoms with E-state index < -0.39 is 0 Å². The van der Waals surface area contributed by atoms with Crippen molar-refractivity contribution in [2.75, 3.05) is 20.2 Å². The Morgan fingerprint density at radius 1 is 1.21 bits per heavy atom. The first kappa shape index (κ1) is 17.3. The number of aromatic nitrogens is 1. The summed E-state index contributed by atoms with van der Waals surface area (Å²) < 4.78 is 5.45. The first-order valence-electron chi connectivity index (χ1n) is 9.51. The van der Waals surface area contributed by atoms with Gasteiger partial charge in [-0.15, -0.1) is 0 Å². The van der Waals surface area contributed by atoms with Crippen molar-refractivity contribution in [1.82, 2.24) is 10.3 Å². The lowest BCUT2D eigenvalue weighted by molar-refractivity contribution is 0.340. The van der Waals surface area contributed by atoms with Crippen LogP contribution in [-0.2, 0) is 6.42 Å². The van der Waals surface area contributed by atoms with Crippen LogP contribution in [0.15, 0.2) is 18.2 Å². The van der Waals surface area contributed by atoms with Crippen LogP contribution in [-0.4, -0.2) is 25.2 Å². The predicted molar refractivity (Wildman–Crippen MR) is 102 cm³/mol. The maximum Gasteiger partial charge on any atom is 0.119 e. The lowest BCUT2D eigenvalue weighted by Crippen LogP contribution is -2.25. The van der Waals surface area contributed by atoms with Crippen LogP contribution >= 0.6 is 0 Å². The number of benzene rings is 1. The minimum atomic E-state index is 0.573. The monoisotopic (exact) mass is 328 g/mol. The number of rotatable bonds is 2. The molecule has 2 heterocycles. The Morgan fingerprint density at radius 2 is 2.04 bits per heavy atom. The third-order valence-electron chi connectivity index (χ3n) is 5.69. The van der Waals surface area contributed by atoms with Gasteiger partial charge in [-0.1, -0.05) is 27.2 Å². The average molecular weight is 329 g/mol. The number of hydrogen-bond donors (Lipinski definition) is 2. The Morgan fingerprint density at radius 3 is 2.79 bits per heavy atom. The second kappa shape index (κ2) is 7.60. The highest BCUT2D eigenvalue weighted by Gasteiger charge is 2.21. The van der Waals surface area contributed by atoms with Crippen LogP contribution in [0, 0.1) is 11.8 Å². The Hall–Kier alpha value is -1.48. The Labute approximate surface area is 146 Å². The molecule has 0 amide bonds. The molecule has 0 saturated heterocycles. The van der Waals surface area contributed by atoms with E-state index in [1.54, 1.807) is 7.11 Å². The van der Waals surface area contributed by atoms with Gasteiger partial charge in [0.05, 0.1) is 7.11 Å². The molecule has 0 fully saturated rings. The van der Waals surface area contributed by atoms with Crippen molar-refractivity contribution in [3.63, 3.8) is 0 Å². The van der Waals surface area contributed by atoms with Crippen molar-refractivity contribution in [3.8, 4) is 5.75 Å². The van der Waals surface area contributed by atoms with Gasteiger partial charge in [-0.05, 0) is 73.9 Å². The molecule has 2 aromatic rings. The summed E-state index contributed by atoms with van der Waals surface area (Å²) in [4.78, 5) is 3.72. The lowest BCUT2D eigenvalue weighted by Gasteiger charge is -2.21. The van der Waals surface area contributed by atoms with E-state index in [0.717, 1.165) is 37.1 Å². The molecule has 0 bridgehead atoms. The van der Waals surface area contributed by atoms with Gasteiger partial charge in [0, 0.05) is 16.6 Å². The van der Waals surface area contributed by atoms with Gasteiger partial charge in [-0.2, -0.15) is 0 Å². The van der Waals surface area contributed by atoms with Crippen LogP contribution in [0.4, 0.5) is 0 Å². The van der Waals surface area contributed by atoms with Crippen molar-refractivity contribution >= 4 is 10.9 Å². The average Bonchev–Trinajstić information content (AvgIpc) is 2.93. The van der Waals surface area contributed by atoms with Gasteiger partial charge < -0.3 is 15.0 Å². The van der Waals surface area contributed by atoms with E-state index in [0.29, 0.717) is 5.92 Å². The van der Waals surface area contributed by atoms with Gasteiger partial charge in [-0.25, -0.2) is 0 Å². The van der Waals surface area contributed by atoms with E-state index in [2.05, 4.69) is 43.2 Å². The highest BCUT2D eigenvalue weighted by Crippen LogP contribution is 2.35. The van der Waals surface area contributed by atoms with E-state index in [-0.39, 0.29) is 0 Å². The number of ether oxygens (including phenoxy) is 1. The van der Waals surface area contributed by atoms with Gasteiger partial charge in [0.25, 0.3) is 0 Å². The molecule has 0 aliphatic carbocycles. The molecule has 1 aliphatic heterocycles. The predicted octanol–water partition coefficient (Wildman–Crippen LogP) is 4.87. The molecule has 3 unspecified atom stereocenters.